The molecule has 0 saturated carbocycles. The zero-order chi connectivity index (χ0) is 11.1. The molecule has 0 heterocycles. The van der Waals surface area contributed by atoms with E-state index in [1.165, 1.54) is 24.0 Å². The summed E-state index contributed by atoms with van der Waals surface area (Å²) in [7, 11) is 2.07. The monoisotopic (exact) mass is 203 g/mol. The SMILES string of the molecule is CNC1CC(C)(C)Cc2c(C)cccc21. The molecule has 0 amide bonds. The highest BCUT2D eigenvalue weighted by molar-refractivity contribution is 5.39. The zero-order valence-corrected chi connectivity index (χ0v) is 10.2. The minimum Gasteiger partial charge on any atom is -0.313 e. The molecule has 0 radical (unpaired) electrons. The average molecular weight is 203 g/mol. The van der Waals surface area contributed by atoms with E-state index in [9.17, 15) is 0 Å². The molecule has 0 fully saturated rings. The van der Waals surface area contributed by atoms with Crippen LogP contribution in [0, 0.1) is 12.3 Å². The van der Waals surface area contributed by atoms with Crippen LogP contribution in [0.5, 0.6) is 0 Å². The number of hydrogen-bond acceptors (Lipinski definition) is 1. The van der Waals surface area contributed by atoms with Gasteiger partial charge in [-0.3, -0.25) is 0 Å². The first-order valence-electron chi connectivity index (χ1n) is 5.79. The summed E-state index contributed by atoms with van der Waals surface area (Å²) < 4.78 is 0. The van der Waals surface area contributed by atoms with E-state index in [0.29, 0.717) is 11.5 Å². The fourth-order valence-corrected chi connectivity index (χ4v) is 2.76. The van der Waals surface area contributed by atoms with Crippen LogP contribution in [-0.2, 0) is 6.42 Å². The second-order valence-corrected chi connectivity index (χ2v) is 5.53. The minimum atomic E-state index is 0.423. The smallest absolute Gasteiger partial charge is 0.0325 e. The van der Waals surface area contributed by atoms with Crippen LogP contribution in [-0.4, -0.2) is 7.05 Å². The fourth-order valence-electron chi connectivity index (χ4n) is 2.76. The Morgan fingerprint density at radius 2 is 2.07 bits per heavy atom. The number of fused-ring (bicyclic) bond motifs is 1. The lowest BCUT2D eigenvalue weighted by Crippen LogP contribution is -2.32. The third-order valence-electron chi connectivity index (χ3n) is 3.58. The third-order valence-corrected chi connectivity index (χ3v) is 3.58. The van der Waals surface area contributed by atoms with E-state index >= 15 is 0 Å². The van der Waals surface area contributed by atoms with Gasteiger partial charge in [-0.05, 0) is 48.9 Å². The maximum atomic E-state index is 3.44. The Labute approximate surface area is 92.9 Å². The molecule has 0 aliphatic heterocycles. The maximum absolute atomic E-state index is 3.44. The predicted molar refractivity (Wildman–Crippen MR) is 65.1 cm³/mol. The lowest BCUT2D eigenvalue weighted by atomic mass is 9.71. The van der Waals surface area contributed by atoms with Crippen LogP contribution in [0.15, 0.2) is 18.2 Å². The molecule has 1 aliphatic rings. The van der Waals surface area contributed by atoms with Gasteiger partial charge in [0.2, 0.25) is 0 Å². The summed E-state index contributed by atoms with van der Waals surface area (Å²) in [6.45, 7) is 6.96. The number of hydrogen-bond donors (Lipinski definition) is 1. The molecule has 82 valence electrons. The molecule has 1 atom stereocenters. The number of aryl methyl sites for hydroxylation is 1. The van der Waals surface area contributed by atoms with Crippen molar-refractivity contribution < 1.29 is 0 Å². The largest absolute Gasteiger partial charge is 0.313 e. The highest BCUT2D eigenvalue weighted by Gasteiger charge is 2.31. The third kappa shape index (κ3) is 1.93. The number of rotatable bonds is 1. The van der Waals surface area contributed by atoms with Crippen molar-refractivity contribution in [2.24, 2.45) is 5.41 Å². The molecule has 1 heteroatoms. The van der Waals surface area contributed by atoms with E-state index in [0.717, 1.165) is 0 Å². The molecule has 1 N–H and O–H groups in total. The molecule has 0 spiro atoms. The van der Waals surface area contributed by atoms with Crippen LogP contribution in [0.3, 0.4) is 0 Å². The Morgan fingerprint density at radius 1 is 1.33 bits per heavy atom. The molecular weight excluding hydrogens is 182 g/mol. The van der Waals surface area contributed by atoms with Crippen molar-refractivity contribution in [3.05, 3.63) is 34.9 Å². The van der Waals surface area contributed by atoms with E-state index in [2.05, 4.69) is 51.3 Å². The van der Waals surface area contributed by atoms with Crippen molar-refractivity contribution in [3.63, 3.8) is 0 Å². The highest BCUT2D eigenvalue weighted by atomic mass is 14.9. The van der Waals surface area contributed by atoms with Gasteiger partial charge in [0.15, 0.2) is 0 Å². The summed E-state index contributed by atoms with van der Waals surface area (Å²) in [6.07, 6.45) is 2.45. The Morgan fingerprint density at radius 3 is 2.73 bits per heavy atom. The summed E-state index contributed by atoms with van der Waals surface area (Å²) in [5, 5.41) is 3.44. The van der Waals surface area contributed by atoms with Crippen molar-refractivity contribution in [3.8, 4) is 0 Å². The first-order chi connectivity index (χ1) is 7.03. The van der Waals surface area contributed by atoms with E-state index in [-0.39, 0.29) is 0 Å². The van der Waals surface area contributed by atoms with Gasteiger partial charge in [-0.15, -0.1) is 0 Å². The Bertz CT molecular complexity index is 366. The fraction of sp³-hybridized carbons (Fsp3) is 0.571. The van der Waals surface area contributed by atoms with Gasteiger partial charge in [0.1, 0.15) is 0 Å². The van der Waals surface area contributed by atoms with Crippen LogP contribution >= 0.6 is 0 Å². The maximum Gasteiger partial charge on any atom is 0.0325 e. The van der Waals surface area contributed by atoms with Gasteiger partial charge < -0.3 is 5.32 Å². The van der Waals surface area contributed by atoms with Crippen molar-refractivity contribution in [1.29, 1.82) is 0 Å². The Hall–Kier alpha value is -0.820. The zero-order valence-electron chi connectivity index (χ0n) is 10.2. The van der Waals surface area contributed by atoms with Crippen LogP contribution in [0.2, 0.25) is 0 Å². The molecule has 1 unspecified atom stereocenters. The topological polar surface area (TPSA) is 12.0 Å². The number of benzene rings is 1. The molecule has 15 heavy (non-hydrogen) atoms. The minimum absolute atomic E-state index is 0.423. The van der Waals surface area contributed by atoms with Crippen LogP contribution in [0.25, 0.3) is 0 Å². The summed E-state index contributed by atoms with van der Waals surface area (Å²) in [5.74, 6) is 0. The van der Waals surface area contributed by atoms with Gasteiger partial charge in [0.05, 0.1) is 0 Å². The van der Waals surface area contributed by atoms with Gasteiger partial charge >= 0.3 is 0 Å². The quantitative estimate of drug-likeness (QED) is 0.739. The van der Waals surface area contributed by atoms with Crippen LogP contribution in [0.1, 0.15) is 43.0 Å². The summed E-state index contributed by atoms with van der Waals surface area (Å²) in [4.78, 5) is 0. The number of nitrogens with one attached hydrogen (secondary N) is 1. The van der Waals surface area contributed by atoms with E-state index in [1.807, 2.05) is 0 Å². The normalized spacial score (nSPS) is 23.6. The molecule has 2 rings (SSSR count). The lowest BCUT2D eigenvalue weighted by Gasteiger charge is -2.37. The first kappa shape index (κ1) is 10.7. The molecular formula is C14H21N. The molecule has 0 bridgehead atoms. The standard InChI is InChI=1S/C14H21N/c1-10-6-5-7-11-12(10)8-14(2,3)9-13(11)15-4/h5-7,13,15H,8-9H2,1-4H3. The van der Waals surface area contributed by atoms with Gasteiger partial charge in [0, 0.05) is 6.04 Å². The molecule has 1 nitrogen and oxygen atoms in total. The van der Waals surface area contributed by atoms with Crippen LogP contribution < -0.4 is 5.32 Å². The molecule has 1 aromatic carbocycles. The van der Waals surface area contributed by atoms with Crippen molar-refractivity contribution in [1.82, 2.24) is 5.32 Å². The van der Waals surface area contributed by atoms with Gasteiger partial charge in [-0.2, -0.15) is 0 Å². The van der Waals surface area contributed by atoms with E-state index in [1.54, 1.807) is 5.56 Å². The summed E-state index contributed by atoms with van der Waals surface area (Å²) >= 11 is 0. The molecule has 1 aliphatic carbocycles. The lowest BCUT2D eigenvalue weighted by molar-refractivity contribution is 0.264. The van der Waals surface area contributed by atoms with Crippen molar-refractivity contribution in [2.75, 3.05) is 7.05 Å². The van der Waals surface area contributed by atoms with Crippen molar-refractivity contribution >= 4 is 0 Å². The highest BCUT2D eigenvalue weighted by Crippen LogP contribution is 2.41. The van der Waals surface area contributed by atoms with Gasteiger partial charge in [-0.1, -0.05) is 32.0 Å². The molecule has 0 aromatic heterocycles. The van der Waals surface area contributed by atoms with E-state index < -0.39 is 0 Å². The van der Waals surface area contributed by atoms with Crippen molar-refractivity contribution in [2.45, 2.75) is 39.7 Å². The second kappa shape index (κ2) is 3.64. The van der Waals surface area contributed by atoms with Gasteiger partial charge in [-0.25, -0.2) is 0 Å². The second-order valence-electron chi connectivity index (χ2n) is 5.53. The van der Waals surface area contributed by atoms with Crippen LogP contribution in [0.4, 0.5) is 0 Å². The Balaban J connectivity index is 2.49. The van der Waals surface area contributed by atoms with E-state index in [4.69, 9.17) is 0 Å². The molecule has 1 aromatic rings. The molecule has 0 saturated heterocycles. The summed E-state index contributed by atoms with van der Waals surface area (Å²) in [5.41, 5.74) is 4.94. The average Bonchev–Trinajstić information content (AvgIpc) is 2.17. The Kier molecular flexibility index (Phi) is 2.59. The van der Waals surface area contributed by atoms with Gasteiger partial charge in [0.25, 0.3) is 0 Å². The predicted octanol–water partition coefficient (Wildman–Crippen LogP) is 3.23. The first-order valence-corrected chi connectivity index (χ1v) is 5.79. The summed E-state index contributed by atoms with van der Waals surface area (Å²) in [6, 6.07) is 7.21.